The fourth-order valence-corrected chi connectivity index (χ4v) is 7.43. The Kier molecular flexibility index (Phi) is 12.4. The number of rotatable bonds is 13. The Bertz CT molecular complexity index is 1520. The zero-order chi connectivity index (χ0) is 29.3. The highest BCUT2D eigenvalue weighted by Crippen LogP contribution is 2.39. The van der Waals surface area contributed by atoms with Crippen molar-refractivity contribution in [3.8, 4) is 0 Å². The lowest BCUT2D eigenvalue weighted by atomic mass is 9.86. The maximum absolute atomic E-state index is 12.2. The van der Waals surface area contributed by atoms with Gasteiger partial charge in [0.1, 0.15) is 6.10 Å². The van der Waals surface area contributed by atoms with E-state index in [1.165, 1.54) is 0 Å². The summed E-state index contributed by atoms with van der Waals surface area (Å²) in [5.74, 6) is 0. The number of nitrogens with zero attached hydrogens (tertiary/aromatic N) is 1. The molecular weight excluding hydrogens is 676 g/mol. The summed E-state index contributed by atoms with van der Waals surface area (Å²) in [4.78, 5) is 4.68. The molecule has 0 aliphatic heterocycles. The molecule has 0 saturated heterocycles. The topological polar surface area (TPSA) is 65.5 Å². The molecule has 0 aliphatic rings. The van der Waals surface area contributed by atoms with Gasteiger partial charge >= 0.3 is 0 Å². The van der Waals surface area contributed by atoms with Crippen LogP contribution in [-0.2, 0) is 18.8 Å². The first-order chi connectivity index (χ1) is 19.0. The molecule has 2 aromatic carbocycles. The minimum absolute atomic E-state index is 0.330. The molecule has 214 valence electrons. The molecular formula is C31H36ClINO4PS. The third-order valence-corrected chi connectivity index (χ3v) is 8.46. The van der Waals surface area contributed by atoms with Gasteiger partial charge in [-0.2, -0.15) is 8.42 Å². The smallest absolute Gasteiger partial charge is 0.264 e. The van der Waals surface area contributed by atoms with Crippen LogP contribution in [0.4, 0.5) is 0 Å². The second-order valence-electron chi connectivity index (χ2n) is 9.93. The Morgan fingerprint density at radius 1 is 1.15 bits per heavy atom. The summed E-state index contributed by atoms with van der Waals surface area (Å²) < 4.78 is 36.2. The van der Waals surface area contributed by atoms with E-state index in [0.29, 0.717) is 24.3 Å². The van der Waals surface area contributed by atoms with Gasteiger partial charge < -0.3 is 4.52 Å². The molecule has 3 rings (SSSR count). The number of benzene rings is 2. The van der Waals surface area contributed by atoms with Crippen molar-refractivity contribution in [3.63, 3.8) is 0 Å². The normalized spacial score (nSPS) is 14.6. The van der Waals surface area contributed by atoms with Crippen LogP contribution < -0.4 is 0 Å². The number of aromatic nitrogens is 1. The maximum atomic E-state index is 12.2. The first-order valence-electron chi connectivity index (χ1n) is 13.1. The van der Waals surface area contributed by atoms with Gasteiger partial charge in [-0.05, 0) is 115 Å². The van der Waals surface area contributed by atoms with Crippen molar-refractivity contribution < 1.29 is 17.1 Å². The molecule has 2 atom stereocenters. The second kappa shape index (κ2) is 15.0. The van der Waals surface area contributed by atoms with Crippen LogP contribution in [0, 0.1) is 0 Å². The molecule has 40 heavy (non-hydrogen) atoms. The quantitative estimate of drug-likeness (QED) is 0.0765. The first kappa shape index (κ1) is 32.9. The van der Waals surface area contributed by atoms with E-state index in [1.807, 2.05) is 73.7 Å². The third kappa shape index (κ3) is 9.74. The Morgan fingerprint density at radius 3 is 2.58 bits per heavy atom. The predicted molar refractivity (Wildman–Crippen MR) is 180 cm³/mol. The van der Waals surface area contributed by atoms with Gasteiger partial charge in [0.2, 0.25) is 0 Å². The highest BCUT2D eigenvalue weighted by Gasteiger charge is 2.27. The molecule has 0 radical (unpaired) electrons. The molecule has 0 saturated carbocycles. The zero-order valence-corrected chi connectivity index (χ0v) is 28.2. The lowest BCUT2D eigenvalue weighted by molar-refractivity contribution is 0.180. The lowest BCUT2D eigenvalue weighted by Gasteiger charge is -2.30. The first-order valence-corrected chi connectivity index (χ1v) is 19.3. The minimum Gasteiger partial charge on any atom is -0.341 e. The van der Waals surface area contributed by atoms with Crippen molar-refractivity contribution in [2.24, 2.45) is 0 Å². The van der Waals surface area contributed by atoms with E-state index in [0.717, 1.165) is 51.5 Å². The Balaban J connectivity index is 1.87. The van der Waals surface area contributed by atoms with E-state index in [9.17, 15) is 8.42 Å². The Morgan fingerprint density at radius 2 is 1.90 bits per heavy atom. The summed E-state index contributed by atoms with van der Waals surface area (Å²) >= 11 is 8.37. The van der Waals surface area contributed by atoms with E-state index in [1.54, 1.807) is 0 Å². The predicted octanol–water partition coefficient (Wildman–Crippen LogP) is 9.88. The largest absolute Gasteiger partial charge is 0.341 e. The van der Waals surface area contributed by atoms with Gasteiger partial charge in [-0.1, -0.05) is 67.1 Å². The third-order valence-electron chi connectivity index (χ3n) is 6.40. The van der Waals surface area contributed by atoms with Crippen LogP contribution in [0.25, 0.3) is 23.1 Å². The van der Waals surface area contributed by atoms with Gasteiger partial charge in [-0.3, -0.25) is 4.18 Å². The Labute approximate surface area is 258 Å². The monoisotopic (exact) mass is 711 g/mol. The van der Waals surface area contributed by atoms with Crippen LogP contribution in [0.15, 0.2) is 77.9 Å². The van der Waals surface area contributed by atoms with E-state index in [2.05, 4.69) is 59.9 Å². The summed E-state index contributed by atoms with van der Waals surface area (Å²) in [7, 11) is -3.68. The van der Waals surface area contributed by atoms with Gasteiger partial charge in [0.25, 0.3) is 10.1 Å². The Hall–Kier alpha value is -1.61. The number of fused-ring (bicyclic) bond motifs is 1. The lowest BCUT2D eigenvalue weighted by Crippen LogP contribution is -2.25. The molecule has 0 spiro atoms. The van der Waals surface area contributed by atoms with Gasteiger partial charge in [0.15, 0.2) is 0 Å². The summed E-state index contributed by atoms with van der Waals surface area (Å²) in [6, 6.07) is 17.4. The molecule has 0 N–H and O–H groups in total. The highest BCUT2D eigenvalue weighted by atomic mass is 127. The molecule has 0 bridgehead atoms. The number of pyridine rings is 1. The van der Waals surface area contributed by atoms with Crippen molar-refractivity contribution >= 4 is 73.3 Å². The summed E-state index contributed by atoms with van der Waals surface area (Å²) in [5, 5.41) is 1.66. The van der Waals surface area contributed by atoms with Crippen LogP contribution in [0.2, 0.25) is 5.02 Å². The van der Waals surface area contributed by atoms with Crippen LogP contribution in [0.1, 0.15) is 69.9 Å². The molecule has 2 unspecified atom stereocenters. The summed E-state index contributed by atoms with van der Waals surface area (Å²) in [5.41, 5.74) is 5.15. The van der Waals surface area contributed by atoms with Crippen molar-refractivity contribution in [1.82, 2.24) is 4.98 Å². The molecule has 3 aromatic rings. The fraction of sp³-hybridized carbons (Fsp3) is 0.323. The number of hydrogen-bond acceptors (Lipinski definition) is 5. The van der Waals surface area contributed by atoms with E-state index in [4.69, 9.17) is 20.3 Å². The van der Waals surface area contributed by atoms with Crippen molar-refractivity contribution in [3.05, 3.63) is 99.7 Å². The molecule has 9 heteroatoms. The number of hydrogen-bond donors (Lipinski definition) is 0. The molecule has 0 fully saturated rings. The van der Waals surface area contributed by atoms with E-state index >= 15 is 0 Å². The van der Waals surface area contributed by atoms with Crippen LogP contribution >= 0.6 is 40.1 Å². The van der Waals surface area contributed by atoms with Gasteiger partial charge in [0, 0.05) is 10.4 Å². The van der Waals surface area contributed by atoms with Crippen molar-refractivity contribution in [1.29, 1.82) is 0 Å². The highest BCUT2D eigenvalue weighted by molar-refractivity contribution is 14.2. The molecule has 1 aromatic heterocycles. The fourth-order valence-electron chi connectivity index (χ4n) is 4.68. The van der Waals surface area contributed by atoms with Gasteiger partial charge in [-0.25, -0.2) is 4.98 Å². The number of halogens is 2. The van der Waals surface area contributed by atoms with Gasteiger partial charge in [-0.15, -0.1) is 0 Å². The molecule has 5 nitrogen and oxygen atoms in total. The van der Waals surface area contributed by atoms with Crippen molar-refractivity contribution in [2.45, 2.75) is 58.7 Å². The zero-order valence-electron chi connectivity index (χ0n) is 23.4. The summed E-state index contributed by atoms with van der Waals surface area (Å²) in [6.45, 7) is 8.57. The SMILES string of the molecule is C/C=C(\C(=C/CC)CCC(OS(C)(=O)=O)c1cccc(/C=C/c2ccc3ccc(Cl)cc3n2)c1)C(C)(C)OPI. The van der Waals surface area contributed by atoms with Crippen molar-refractivity contribution in [2.75, 3.05) is 6.26 Å². The standard InChI is InChI=1S/C31H36ClINO4PS/c1-6-9-23(28(7-2)31(3,4)38-39-33)15-19-30(37-40(5,35)36)25-11-8-10-22(20-25)12-17-27-18-14-24-13-16-26(32)21-29(24)34-27/h7-14,16-18,20-21,30,39H,6,15,19H2,1-5H3/b17-12+,23-9-,28-7+. The van der Waals surface area contributed by atoms with Crippen LogP contribution in [0.3, 0.4) is 0 Å². The maximum Gasteiger partial charge on any atom is 0.264 e. The molecule has 1 heterocycles. The average molecular weight is 712 g/mol. The van der Waals surface area contributed by atoms with Gasteiger partial charge in [0.05, 0.1) is 29.5 Å². The number of allylic oxidation sites excluding steroid dienone is 2. The van der Waals surface area contributed by atoms with E-state index < -0.39 is 21.8 Å². The molecule has 0 amide bonds. The summed E-state index contributed by atoms with van der Waals surface area (Å²) in [6.07, 6.45) is 10.7. The molecule has 0 aliphatic carbocycles. The van der Waals surface area contributed by atoms with Crippen LogP contribution in [0.5, 0.6) is 0 Å². The average Bonchev–Trinajstić information content (AvgIpc) is 2.89. The van der Waals surface area contributed by atoms with Crippen LogP contribution in [-0.4, -0.2) is 25.3 Å². The second-order valence-corrected chi connectivity index (χ2v) is 13.7. The van der Waals surface area contributed by atoms with E-state index in [-0.39, 0.29) is 0 Å². The minimum atomic E-state index is -3.68.